The summed E-state index contributed by atoms with van der Waals surface area (Å²) < 4.78 is 5.09. The second-order valence-electron chi connectivity index (χ2n) is 4.95. The van der Waals surface area contributed by atoms with E-state index in [1.807, 2.05) is 0 Å². The van der Waals surface area contributed by atoms with Crippen LogP contribution in [0.25, 0.3) is 0 Å². The first-order chi connectivity index (χ1) is 11.0. The lowest BCUT2D eigenvalue weighted by atomic mass is 10.2. The smallest absolute Gasteiger partial charge is 0.254 e. The lowest BCUT2D eigenvalue weighted by Crippen LogP contribution is -2.34. The topological polar surface area (TPSA) is 58.6 Å². The molecule has 0 aliphatic heterocycles. The number of ether oxygens (including phenoxy) is 1. The average Bonchev–Trinajstić information content (AvgIpc) is 2.56. The number of nitrogens with zero attached hydrogens (tertiary/aromatic N) is 1. The third kappa shape index (κ3) is 4.72. The number of rotatable bonds is 5. The molecule has 23 heavy (non-hydrogen) atoms. The van der Waals surface area contributed by atoms with E-state index < -0.39 is 0 Å². The van der Waals surface area contributed by atoms with Crippen molar-refractivity contribution in [1.29, 1.82) is 0 Å². The minimum Gasteiger partial charge on any atom is -0.497 e. The Kier molecular flexibility index (Phi) is 5.60. The van der Waals surface area contributed by atoms with Crippen molar-refractivity contribution in [2.45, 2.75) is 0 Å². The van der Waals surface area contributed by atoms with E-state index >= 15 is 0 Å². The molecule has 2 aromatic rings. The van der Waals surface area contributed by atoms with Crippen LogP contribution in [0.1, 0.15) is 10.4 Å². The summed E-state index contributed by atoms with van der Waals surface area (Å²) in [6, 6.07) is 13.6. The summed E-state index contributed by atoms with van der Waals surface area (Å²) in [6.07, 6.45) is 0. The van der Waals surface area contributed by atoms with Gasteiger partial charge >= 0.3 is 0 Å². The fourth-order valence-electron chi connectivity index (χ4n) is 2.00. The Hall–Kier alpha value is -2.53. The van der Waals surface area contributed by atoms with Gasteiger partial charge in [0.15, 0.2) is 0 Å². The Morgan fingerprint density at radius 3 is 2.52 bits per heavy atom. The van der Waals surface area contributed by atoms with Crippen molar-refractivity contribution in [3.63, 3.8) is 0 Å². The molecule has 2 aromatic carbocycles. The highest BCUT2D eigenvalue weighted by Crippen LogP contribution is 2.15. The van der Waals surface area contributed by atoms with Gasteiger partial charge in [-0.15, -0.1) is 0 Å². The first-order valence-corrected chi connectivity index (χ1v) is 7.32. The second-order valence-corrected chi connectivity index (χ2v) is 5.38. The minimum atomic E-state index is -0.286. The van der Waals surface area contributed by atoms with E-state index in [-0.39, 0.29) is 18.4 Å². The van der Waals surface area contributed by atoms with Gasteiger partial charge in [-0.05, 0) is 42.5 Å². The van der Waals surface area contributed by atoms with Crippen LogP contribution < -0.4 is 10.1 Å². The Bertz CT molecular complexity index is 701. The molecule has 0 atom stereocenters. The molecular weight excluding hydrogens is 316 g/mol. The van der Waals surface area contributed by atoms with Gasteiger partial charge in [0.25, 0.3) is 5.91 Å². The van der Waals surface area contributed by atoms with Crippen molar-refractivity contribution in [3.05, 3.63) is 59.1 Å². The van der Waals surface area contributed by atoms with E-state index in [1.165, 1.54) is 12.0 Å². The molecule has 2 rings (SSSR count). The van der Waals surface area contributed by atoms with Crippen molar-refractivity contribution in [1.82, 2.24) is 4.90 Å². The molecular formula is C17H17ClN2O3. The van der Waals surface area contributed by atoms with Crippen LogP contribution in [0.2, 0.25) is 5.02 Å². The van der Waals surface area contributed by atoms with Crippen LogP contribution in [-0.2, 0) is 4.79 Å². The molecule has 0 aromatic heterocycles. The maximum absolute atomic E-state index is 12.3. The van der Waals surface area contributed by atoms with Crippen molar-refractivity contribution < 1.29 is 14.3 Å². The number of benzene rings is 2. The number of likely N-dealkylation sites (N-methyl/N-ethyl adjacent to an activating group) is 1. The highest BCUT2D eigenvalue weighted by molar-refractivity contribution is 6.30. The van der Waals surface area contributed by atoms with Crippen LogP contribution in [0.3, 0.4) is 0 Å². The number of methoxy groups -OCH3 is 1. The Labute approximate surface area is 139 Å². The molecule has 5 nitrogen and oxygen atoms in total. The number of carbonyl (C=O) groups is 2. The van der Waals surface area contributed by atoms with Crippen LogP contribution in [0.15, 0.2) is 48.5 Å². The highest BCUT2D eigenvalue weighted by Gasteiger charge is 2.15. The largest absolute Gasteiger partial charge is 0.497 e. The van der Waals surface area contributed by atoms with Crippen LogP contribution in [0.4, 0.5) is 5.69 Å². The average molecular weight is 333 g/mol. The molecule has 0 heterocycles. The molecule has 0 saturated carbocycles. The van der Waals surface area contributed by atoms with Crippen LogP contribution in [0.5, 0.6) is 5.75 Å². The maximum atomic E-state index is 12.3. The van der Waals surface area contributed by atoms with Gasteiger partial charge in [-0.1, -0.05) is 17.7 Å². The Balaban J connectivity index is 1.97. The van der Waals surface area contributed by atoms with Crippen molar-refractivity contribution >= 4 is 29.1 Å². The summed E-state index contributed by atoms with van der Waals surface area (Å²) in [4.78, 5) is 25.7. The van der Waals surface area contributed by atoms with E-state index in [0.29, 0.717) is 22.0 Å². The number of carbonyl (C=O) groups excluding carboxylic acids is 2. The molecule has 6 heteroatoms. The number of nitrogens with one attached hydrogen (secondary N) is 1. The van der Waals surface area contributed by atoms with Crippen molar-refractivity contribution in [3.8, 4) is 5.75 Å². The molecule has 0 bridgehead atoms. The van der Waals surface area contributed by atoms with Crippen LogP contribution in [0, 0.1) is 0 Å². The quantitative estimate of drug-likeness (QED) is 0.915. The van der Waals surface area contributed by atoms with Gasteiger partial charge in [0, 0.05) is 23.3 Å². The Morgan fingerprint density at radius 2 is 1.87 bits per heavy atom. The van der Waals surface area contributed by atoms with E-state index in [0.717, 1.165) is 0 Å². The molecule has 0 saturated heterocycles. The summed E-state index contributed by atoms with van der Waals surface area (Å²) >= 11 is 5.79. The molecule has 2 amide bonds. The zero-order chi connectivity index (χ0) is 16.8. The van der Waals surface area contributed by atoms with E-state index in [9.17, 15) is 9.59 Å². The predicted octanol–water partition coefficient (Wildman–Crippen LogP) is 3.06. The Morgan fingerprint density at radius 1 is 1.17 bits per heavy atom. The highest BCUT2D eigenvalue weighted by atomic mass is 35.5. The monoisotopic (exact) mass is 332 g/mol. The van der Waals surface area contributed by atoms with Gasteiger partial charge in [0.05, 0.1) is 13.7 Å². The summed E-state index contributed by atoms with van der Waals surface area (Å²) in [5.41, 5.74) is 1.09. The summed E-state index contributed by atoms with van der Waals surface area (Å²) in [5.74, 6) is 0.0519. The standard InChI is InChI=1S/C17H17ClN2O3/c1-20(17(22)12-4-3-5-15(10-12)23-2)11-16(21)19-14-8-6-13(18)7-9-14/h3-10H,11H2,1-2H3,(H,19,21). The van der Waals surface area contributed by atoms with Gasteiger partial charge in [-0.2, -0.15) is 0 Å². The number of hydrogen-bond donors (Lipinski definition) is 1. The fourth-order valence-corrected chi connectivity index (χ4v) is 2.12. The minimum absolute atomic E-state index is 0.0569. The SMILES string of the molecule is COc1cccc(C(=O)N(C)CC(=O)Nc2ccc(Cl)cc2)c1. The van der Waals surface area contributed by atoms with Crippen molar-refractivity contribution in [2.24, 2.45) is 0 Å². The normalized spacial score (nSPS) is 10.0. The molecule has 0 aliphatic carbocycles. The number of halogens is 1. The van der Waals surface area contributed by atoms with Gasteiger partial charge in [0.2, 0.25) is 5.91 Å². The first kappa shape index (κ1) is 16.8. The number of anilines is 1. The predicted molar refractivity (Wildman–Crippen MR) is 90.0 cm³/mol. The lowest BCUT2D eigenvalue weighted by molar-refractivity contribution is -0.116. The first-order valence-electron chi connectivity index (χ1n) is 6.94. The van der Waals surface area contributed by atoms with Gasteiger partial charge in [-0.25, -0.2) is 0 Å². The molecule has 1 N–H and O–H groups in total. The fraction of sp³-hybridized carbons (Fsp3) is 0.176. The lowest BCUT2D eigenvalue weighted by Gasteiger charge is -2.17. The molecule has 0 aliphatic rings. The number of hydrogen-bond acceptors (Lipinski definition) is 3. The number of amides is 2. The molecule has 0 fully saturated rings. The maximum Gasteiger partial charge on any atom is 0.254 e. The van der Waals surface area contributed by atoms with Gasteiger partial charge in [-0.3, -0.25) is 9.59 Å². The van der Waals surface area contributed by atoms with Crippen LogP contribution >= 0.6 is 11.6 Å². The van der Waals surface area contributed by atoms with Gasteiger partial charge < -0.3 is 15.0 Å². The van der Waals surface area contributed by atoms with Crippen molar-refractivity contribution in [2.75, 3.05) is 26.0 Å². The van der Waals surface area contributed by atoms with Crippen LogP contribution in [-0.4, -0.2) is 37.4 Å². The summed E-state index contributed by atoms with van der Waals surface area (Å²) in [7, 11) is 3.11. The third-order valence-corrected chi connectivity index (χ3v) is 3.42. The second kappa shape index (κ2) is 7.65. The molecule has 0 unspecified atom stereocenters. The van der Waals surface area contributed by atoms with E-state index in [2.05, 4.69) is 5.32 Å². The molecule has 0 radical (unpaired) electrons. The zero-order valence-corrected chi connectivity index (χ0v) is 13.6. The van der Waals surface area contributed by atoms with E-state index in [1.54, 1.807) is 55.6 Å². The third-order valence-electron chi connectivity index (χ3n) is 3.17. The summed E-state index contributed by atoms with van der Waals surface area (Å²) in [6.45, 7) is -0.0569. The molecule has 120 valence electrons. The van der Waals surface area contributed by atoms with Gasteiger partial charge in [0.1, 0.15) is 5.75 Å². The molecule has 0 spiro atoms. The zero-order valence-electron chi connectivity index (χ0n) is 12.9. The summed E-state index contributed by atoms with van der Waals surface area (Å²) in [5, 5.41) is 3.30. The van der Waals surface area contributed by atoms with E-state index in [4.69, 9.17) is 16.3 Å².